The van der Waals surface area contributed by atoms with Crippen LogP contribution in [0.2, 0.25) is 5.02 Å². The van der Waals surface area contributed by atoms with Gasteiger partial charge in [-0.3, -0.25) is 4.79 Å². The van der Waals surface area contributed by atoms with Gasteiger partial charge in [0.05, 0.1) is 16.3 Å². The van der Waals surface area contributed by atoms with Crippen LogP contribution in [0.15, 0.2) is 17.3 Å². The highest BCUT2D eigenvalue weighted by atomic mass is 35.5. The molecule has 23 heavy (non-hydrogen) atoms. The number of hydrogen-bond donors (Lipinski definition) is 1. The molecule has 1 aliphatic carbocycles. The number of halogens is 4. The van der Waals surface area contributed by atoms with Crippen molar-refractivity contribution in [3.8, 4) is 0 Å². The number of pyridine rings is 1. The first-order valence-electron chi connectivity index (χ1n) is 7.42. The third-order valence-electron chi connectivity index (χ3n) is 3.93. The Balaban J connectivity index is 1.89. The lowest BCUT2D eigenvalue weighted by molar-refractivity contribution is -0.137. The first kappa shape index (κ1) is 18.4. The van der Waals surface area contributed by atoms with Gasteiger partial charge in [-0.25, -0.2) is 4.98 Å². The van der Waals surface area contributed by atoms with Crippen LogP contribution >= 0.6 is 23.4 Å². The zero-order valence-corrected chi connectivity index (χ0v) is 14.2. The maximum atomic E-state index is 12.5. The van der Waals surface area contributed by atoms with Gasteiger partial charge < -0.3 is 5.32 Å². The third kappa shape index (κ3) is 5.28. The van der Waals surface area contributed by atoms with Crippen molar-refractivity contribution in [3.63, 3.8) is 0 Å². The van der Waals surface area contributed by atoms with E-state index in [0.717, 1.165) is 43.3 Å². The molecule has 1 aromatic heterocycles. The molecule has 0 radical (unpaired) electrons. The summed E-state index contributed by atoms with van der Waals surface area (Å²) < 4.78 is 37.6. The van der Waals surface area contributed by atoms with E-state index >= 15 is 0 Å². The summed E-state index contributed by atoms with van der Waals surface area (Å²) >= 11 is 6.86. The fraction of sp³-hybridized carbons (Fsp3) is 0.600. The molecule has 2 rings (SSSR count). The second-order valence-electron chi connectivity index (χ2n) is 5.73. The van der Waals surface area contributed by atoms with E-state index in [1.807, 2.05) is 0 Å². The fourth-order valence-electron chi connectivity index (χ4n) is 2.60. The lowest BCUT2D eigenvalue weighted by Gasteiger charge is -2.29. The maximum Gasteiger partial charge on any atom is 0.417 e. The van der Waals surface area contributed by atoms with Crippen molar-refractivity contribution >= 4 is 29.3 Å². The summed E-state index contributed by atoms with van der Waals surface area (Å²) in [5.41, 5.74) is -0.896. The number of aromatic nitrogens is 1. The SMILES string of the molecule is CC1CCCCC1NC(=O)CSc1ncc(C(F)(F)F)cc1Cl. The van der Waals surface area contributed by atoms with Crippen molar-refractivity contribution in [2.45, 2.75) is 49.9 Å². The number of amides is 1. The van der Waals surface area contributed by atoms with Crippen molar-refractivity contribution in [2.75, 3.05) is 5.75 Å². The van der Waals surface area contributed by atoms with E-state index in [2.05, 4.69) is 17.2 Å². The molecule has 128 valence electrons. The van der Waals surface area contributed by atoms with Crippen LogP contribution in [0.3, 0.4) is 0 Å². The third-order valence-corrected chi connectivity index (χ3v) is 5.34. The van der Waals surface area contributed by atoms with E-state index in [9.17, 15) is 18.0 Å². The minimum Gasteiger partial charge on any atom is -0.352 e. The molecule has 1 amide bonds. The van der Waals surface area contributed by atoms with Gasteiger partial charge >= 0.3 is 6.18 Å². The first-order chi connectivity index (χ1) is 10.8. The topological polar surface area (TPSA) is 42.0 Å². The van der Waals surface area contributed by atoms with Gasteiger partial charge in [-0.1, -0.05) is 43.1 Å². The van der Waals surface area contributed by atoms with Crippen LogP contribution in [0, 0.1) is 5.92 Å². The van der Waals surface area contributed by atoms with Gasteiger partial charge in [-0.05, 0) is 24.8 Å². The predicted molar refractivity (Wildman–Crippen MR) is 84.5 cm³/mol. The summed E-state index contributed by atoms with van der Waals surface area (Å²) in [6.07, 6.45) is 0.618. The molecule has 2 atom stereocenters. The minimum absolute atomic E-state index is 0.0846. The number of thioether (sulfide) groups is 1. The van der Waals surface area contributed by atoms with Crippen LogP contribution in [-0.2, 0) is 11.0 Å². The molecule has 0 bridgehead atoms. The molecule has 0 spiro atoms. The number of nitrogens with one attached hydrogen (secondary N) is 1. The highest BCUT2D eigenvalue weighted by Gasteiger charge is 2.31. The van der Waals surface area contributed by atoms with Crippen LogP contribution in [0.5, 0.6) is 0 Å². The zero-order valence-electron chi connectivity index (χ0n) is 12.6. The Morgan fingerprint density at radius 2 is 2.13 bits per heavy atom. The molecule has 1 aromatic rings. The van der Waals surface area contributed by atoms with Gasteiger partial charge in [0.15, 0.2) is 0 Å². The fourth-order valence-corrected chi connectivity index (χ4v) is 3.60. The normalized spacial score (nSPS) is 22.0. The number of alkyl halides is 3. The van der Waals surface area contributed by atoms with E-state index in [1.54, 1.807) is 0 Å². The van der Waals surface area contributed by atoms with E-state index in [4.69, 9.17) is 11.6 Å². The summed E-state index contributed by atoms with van der Waals surface area (Å²) in [4.78, 5) is 15.7. The Labute approximate surface area is 142 Å². The standard InChI is InChI=1S/C15H18ClF3N2OS/c1-9-4-2-3-5-12(9)21-13(22)8-23-14-11(16)6-10(7-20-14)15(17,18)19/h6-7,9,12H,2-5,8H2,1H3,(H,21,22). The Morgan fingerprint density at radius 1 is 1.43 bits per heavy atom. The molecular weight excluding hydrogens is 349 g/mol. The summed E-state index contributed by atoms with van der Waals surface area (Å²) in [6.45, 7) is 2.12. The first-order valence-corrected chi connectivity index (χ1v) is 8.78. The van der Waals surface area contributed by atoms with Crippen molar-refractivity contribution in [1.82, 2.24) is 10.3 Å². The molecule has 1 saturated carbocycles. The summed E-state index contributed by atoms with van der Waals surface area (Å²) in [7, 11) is 0. The molecule has 0 saturated heterocycles. The highest BCUT2D eigenvalue weighted by Crippen LogP contribution is 2.33. The van der Waals surface area contributed by atoms with Gasteiger partial charge in [-0.2, -0.15) is 13.2 Å². The Morgan fingerprint density at radius 3 is 2.74 bits per heavy atom. The average Bonchev–Trinajstić information content (AvgIpc) is 2.47. The largest absolute Gasteiger partial charge is 0.417 e. The summed E-state index contributed by atoms with van der Waals surface area (Å²) in [5, 5.41) is 3.12. The van der Waals surface area contributed by atoms with Gasteiger partial charge in [0.2, 0.25) is 5.91 Å². The van der Waals surface area contributed by atoms with Gasteiger partial charge in [0, 0.05) is 12.2 Å². The number of nitrogens with zero attached hydrogens (tertiary/aromatic N) is 1. The summed E-state index contributed by atoms with van der Waals surface area (Å²) in [6, 6.07) is 1.01. The second-order valence-corrected chi connectivity index (χ2v) is 7.10. The smallest absolute Gasteiger partial charge is 0.352 e. The predicted octanol–water partition coefficient (Wildman–Crippen LogP) is 4.54. The quantitative estimate of drug-likeness (QED) is 0.795. The Hall–Kier alpha value is -0.950. The van der Waals surface area contributed by atoms with Crippen molar-refractivity contribution in [3.05, 3.63) is 22.8 Å². The van der Waals surface area contributed by atoms with Crippen molar-refractivity contribution < 1.29 is 18.0 Å². The van der Waals surface area contributed by atoms with Crippen LogP contribution in [0.25, 0.3) is 0 Å². The monoisotopic (exact) mass is 366 g/mol. The van der Waals surface area contributed by atoms with Gasteiger partial charge in [-0.15, -0.1) is 0 Å². The molecule has 1 N–H and O–H groups in total. The number of hydrogen-bond acceptors (Lipinski definition) is 3. The van der Waals surface area contributed by atoms with E-state index in [-0.39, 0.29) is 27.8 Å². The summed E-state index contributed by atoms with van der Waals surface area (Å²) in [5.74, 6) is 0.387. The molecule has 1 aliphatic rings. The average molecular weight is 367 g/mol. The number of carbonyl (C=O) groups excluding carboxylic acids is 1. The van der Waals surface area contributed by atoms with Gasteiger partial charge in [0.1, 0.15) is 5.03 Å². The van der Waals surface area contributed by atoms with Gasteiger partial charge in [0.25, 0.3) is 0 Å². The molecule has 0 aliphatic heterocycles. The van der Waals surface area contributed by atoms with Crippen molar-refractivity contribution in [1.29, 1.82) is 0 Å². The zero-order chi connectivity index (χ0) is 17.0. The maximum absolute atomic E-state index is 12.5. The van der Waals surface area contributed by atoms with E-state index < -0.39 is 11.7 Å². The van der Waals surface area contributed by atoms with Crippen LogP contribution < -0.4 is 5.32 Å². The minimum atomic E-state index is -4.48. The molecule has 0 aromatic carbocycles. The van der Waals surface area contributed by atoms with E-state index in [0.29, 0.717) is 5.92 Å². The van der Waals surface area contributed by atoms with Crippen LogP contribution in [0.4, 0.5) is 13.2 Å². The molecular formula is C15H18ClF3N2OS. The van der Waals surface area contributed by atoms with Crippen molar-refractivity contribution in [2.24, 2.45) is 5.92 Å². The van der Waals surface area contributed by atoms with Crippen LogP contribution in [-0.4, -0.2) is 22.7 Å². The Kier molecular flexibility index (Phi) is 6.19. The lowest BCUT2D eigenvalue weighted by atomic mass is 9.86. The highest BCUT2D eigenvalue weighted by molar-refractivity contribution is 8.00. The molecule has 2 unspecified atom stereocenters. The molecule has 3 nitrogen and oxygen atoms in total. The molecule has 1 heterocycles. The van der Waals surface area contributed by atoms with E-state index in [1.165, 1.54) is 6.42 Å². The molecule has 1 fully saturated rings. The lowest BCUT2D eigenvalue weighted by Crippen LogP contribution is -2.41. The Bertz CT molecular complexity index is 568. The number of carbonyl (C=O) groups is 1. The second kappa shape index (κ2) is 7.75. The molecule has 8 heteroatoms. The number of rotatable bonds is 4. The van der Waals surface area contributed by atoms with Crippen LogP contribution in [0.1, 0.15) is 38.2 Å².